The van der Waals surface area contributed by atoms with Crippen LogP contribution >= 0.6 is 0 Å². The molecule has 0 bridgehead atoms. The molecule has 0 aromatic heterocycles. The molecule has 2 fully saturated rings. The Kier molecular flexibility index (Phi) is 5.77. The van der Waals surface area contributed by atoms with Crippen LogP contribution in [0.5, 0.6) is 0 Å². The van der Waals surface area contributed by atoms with Gasteiger partial charge in [0.2, 0.25) is 5.91 Å². The van der Waals surface area contributed by atoms with Crippen LogP contribution in [0.3, 0.4) is 0 Å². The zero-order valence-corrected chi connectivity index (χ0v) is 12.6. The van der Waals surface area contributed by atoms with Crippen LogP contribution in [0.4, 0.5) is 0 Å². The second-order valence-electron chi connectivity index (χ2n) is 5.36. The number of rotatable bonds is 6. The van der Waals surface area contributed by atoms with Gasteiger partial charge in [-0.2, -0.15) is 0 Å². The summed E-state index contributed by atoms with van der Waals surface area (Å²) >= 11 is 0. The van der Waals surface area contributed by atoms with Gasteiger partial charge >= 0.3 is 0 Å². The Balaban J connectivity index is 1.79. The molecule has 1 amide bonds. The van der Waals surface area contributed by atoms with Crippen LogP contribution in [0.25, 0.3) is 0 Å². The highest BCUT2D eigenvalue weighted by atomic mass is 16.5. The van der Waals surface area contributed by atoms with Crippen LogP contribution in [0.1, 0.15) is 20.3 Å². The van der Waals surface area contributed by atoms with E-state index in [1.165, 1.54) is 0 Å². The van der Waals surface area contributed by atoms with Crippen molar-refractivity contribution in [1.82, 2.24) is 10.2 Å². The number of nitrogens with one attached hydrogen (secondary N) is 1. The molecule has 0 radical (unpaired) electrons. The van der Waals surface area contributed by atoms with E-state index in [4.69, 9.17) is 14.2 Å². The van der Waals surface area contributed by atoms with Gasteiger partial charge in [-0.05, 0) is 20.3 Å². The Hall–Kier alpha value is -0.690. The largest absolute Gasteiger partial charge is 0.378 e. The monoisotopic (exact) mass is 286 g/mol. The minimum absolute atomic E-state index is 0.0369. The molecule has 1 aliphatic carbocycles. The van der Waals surface area contributed by atoms with Gasteiger partial charge in [0.1, 0.15) is 0 Å². The first-order chi connectivity index (χ1) is 9.67. The first kappa shape index (κ1) is 15.7. The molecule has 0 aromatic carbocycles. The number of hydrogen-bond donors (Lipinski definition) is 1. The van der Waals surface area contributed by atoms with E-state index < -0.39 is 0 Å². The molecule has 1 N–H and O–H groups in total. The van der Waals surface area contributed by atoms with E-state index in [2.05, 4.69) is 5.32 Å². The first-order valence-electron chi connectivity index (χ1n) is 7.44. The van der Waals surface area contributed by atoms with Crippen LogP contribution in [-0.2, 0) is 19.0 Å². The lowest BCUT2D eigenvalue weighted by Crippen LogP contribution is -2.63. The van der Waals surface area contributed by atoms with Gasteiger partial charge in [0, 0.05) is 32.8 Å². The molecule has 2 rings (SSSR count). The maximum Gasteiger partial charge on any atom is 0.239 e. The van der Waals surface area contributed by atoms with Gasteiger partial charge in [0.15, 0.2) is 0 Å². The number of ether oxygens (including phenoxy) is 3. The number of hydrogen-bond acceptors (Lipinski definition) is 5. The second kappa shape index (κ2) is 7.36. The van der Waals surface area contributed by atoms with Crippen molar-refractivity contribution in [3.8, 4) is 0 Å². The molecular formula is C14H26N2O4. The number of morpholine rings is 1. The maximum atomic E-state index is 12.3. The molecule has 4 atom stereocenters. The Labute approximate surface area is 120 Å². The summed E-state index contributed by atoms with van der Waals surface area (Å²) in [4.78, 5) is 14.2. The lowest BCUT2D eigenvalue weighted by molar-refractivity contribution is -0.145. The minimum atomic E-state index is -0.196. The van der Waals surface area contributed by atoms with Crippen molar-refractivity contribution in [3.63, 3.8) is 0 Å². The number of carbonyl (C=O) groups excluding carboxylic acids is 1. The molecule has 20 heavy (non-hydrogen) atoms. The summed E-state index contributed by atoms with van der Waals surface area (Å²) in [7, 11) is 1.69. The van der Waals surface area contributed by atoms with Crippen LogP contribution in [0.2, 0.25) is 0 Å². The van der Waals surface area contributed by atoms with Crippen molar-refractivity contribution < 1.29 is 19.0 Å². The molecule has 0 aromatic rings. The number of nitrogens with zero attached hydrogens (tertiary/aromatic N) is 1. The topological polar surface area (TPSA) is 60.0 Å². The molecule has 0 spiro atoms. The van der Waals surface area contributed by atoms with Gasteiger partial charge in [-0.15, -0.1) is 0 Å². The van der Waals surface area contributed by atoms with Crippen LogP contribution < -0.4 is 5.32 Å². The predicted molar refractivity (Wildman–Crippen MR) is 74.6 cm³/mol. The summed E-state index contributed by atoms with van der Waals surface area (Å²) in [6.07, 6.45) is 1.08. The van der Waals surface area contributed by atoms with E-state index in [1.54, 1.807) is 7.11 Å². The summed E-state index contributed by atoms with van der Waals surface area (Å²) in [6.45, 7) is 7.23. The Morgan fingerprint density at radius 2 is 2.15 bits per heavy atom. The van der Waals surface area contributed by atoms with E-state index in [1.807, 2.05) is 18.7 Å². The van der Waals surface area contributed by atoms with Crippen molar-refractivity contribution >= 4 is 5.91 Å². The summed E-state index contributed by atoms with van der Waals surface area (Å²) in [6, 6.07) is -0.00475. The van der Waals surface area contributed by atoms with Crippen molar-refractivity contribution in [2.75, 3.05) is 40.0 Å². The Bertz CT molecular complexity index is 320. The molecule has 4 unspecified atom stereocenters. The molecule has 1 heterocycles. The number of amides is 1. The van der Waals surface area contributed by atoms with Crippen molar-refractivity contribution in [3.05, 3.63) is 0 Å². The minimum Gasteiger partial charge on any atom is -0.378 e. The van der Waals surface area contributed by atoms with Crippen molar-refractivity contribution in [2.24, 2.45) is 0 Å². The molecule has 116 valence electrons. The molecule has 6 nitrogen and oxygen atoms in total. The molecule has 1 saturated carbocycles. The van der Waals surface area contributed by atoms with Gasteiger partial charge in [-0.1, -0.05) is 0 Å². The Morgan fingerprint density at radius 1 is 1.45 bits per heavy atom. The molecule has 1 aliphatic heterocycles. The molecule has 1 saturated heterocycles. The number of carbonyl (C=O) groups is 1. The average Bonchev–Trinajstić information content (AvgIpc) is 2.46. The summed E-state index contributed by atoms with van der Waals surface area (Å²) < 4.78 is 16.3. The fourth-order valence-corrected chi connectivity index (χ4v) is 2.89. The highest BCUT2D eigenvalue weighted by Crippen LogP contribution is 2.27. The summed E-state index contributed by atoms with van der Waals surface area (Å²) in [5.74, 6) is 0.142. The van der Waals surface area contributed by atoms with E-state index in [9.17, 15) is 4.79 Å². The zero-order valence-electron chi connectivity index (χ0n) is 12.6. The lowest BCUT2D eigenvalue weighted by atomic mass is 9.84. The third-order valence-electron chi connectivity index (χ3n) is 4.06. The fourth-order valence-electron chi connectivity index (χ4n) is 2.89. The third-order valence-corrected chi connectivity index (χ3v) is 4.06. The molecular weight excluding hydrogens is 260 g/mol. The van der Waals surface area contributed by atoms with Gasteiger partial charge in [0.25, 0.3) is 0 Å². The third kappa shape index (κ3) is 3.49. The lowest BCUT2D eigenvalue weighted by Gasteiger charge is -2.44. The van der Waals surface area contributed by atoms with Gasteiger partial charge in [0.05, 0.1) is 31.5 Å². The average molecular weight is 286 g/mol. The van der Waals surface area contributed by atoms with Gasteiger partial charge < -0.3 is 24.4 Å². The maximum absolute atomic E-state index is 12.3. The molecule has 6 heteroatoms. The van der Waals surface area contributed by atoms with E-state index in [-0.39, 0.29) is 30.2 Å². The van der Waals surface area contributed by atoms with Crippen LogP contribution in [0.15, 0.2) is 0 Å². The number of methoxy groups -OCH3 is 1. The normalized spacial score (nSPS) is 31.8. The first-order valence-corrected chi connectivity index (χ1v) is 7.44. The van der Waals surface area contributed by atoms with Gasteiger partial charge in [-0.3, -0.25) is 4.79 Å². The quantitative estimate of drug-likeness (QED) is 0.746. The SMILES string of the molecule is CCOC1CC(NC(C)C(=O)N2CCOCC2)C1OC. The smallest absolute Gasteiger partial charge is 0.239 e. The van der Waals surface area contributed by atoms with Crippen LogP contribution in [-0.4, -0.2) is 75.1 Å². The Morgan fingerprint density at radius 3 is 2.75 bits per heavy atom. The summed E-state index contributed by atoms with van der Waals surface area (Å²) in [5.41, 5.74) is 0. The van der Waals surface area contributed by atoms with Gasteiger partial charge in [-0.25, -0.2) is 0 Å². The van der Waals surface area contributed by atoms with E-state index >= 15 is 0 Å². The van der Waals surface area contributed by atoms with Crippen molar-refractivity contribution in [2.45, 2.75) is 44.6 Å². The highest BCUT2D eigenvalue weighted by Gasteiger charge is 2.43. The standard InChI is InChI=1S/C14H26N2O4/c1-4-20-12-9-11(13(12)18-3)15-10(2)14(17)16-5-7-19-8-6-16/h10-13,15H,4-9H2,1-3H3. The predicted octanol–water partition coefficient (Wildman–Crippen LogP) is 0.0157. The van der Waals surface area contributed by atoms with Crippen molar-refractivity contribution in [1.29, 1.82) is 0 Å². The van der Waals surface area contributed by atoms with Crippen LogP contribution in [0, 0.1) is 0 Å². The van der Waals surface area contributed by atoms with E-state index in [0.29, 0.717) is 32.9 Å². The summed E-state index contributed by atoms with van der Waals surface area (Å²) in [5, 5.41) is 3.37. The molecule has 2 aliphatic rings. The second-order valence-corrected chi connectivity index (χ2v) is 5.36. The fraction of sp³-hybridized carbons (Fsp3) is 0.929. The highest BCUT2D eigenvalue weighted by molar-refractivity contribution is 5.81. The zero-order chi connectivity index (χ0) is 14.5. The van der Waals surface area contributed by atoms with E-state index in [0.717, 1.165) is 6.42 Å².